The van der Waals surface area contributed by atoms with Crippen molar-refractivity contribution in [3.05, 3.63) is 47.5 Å². The summed E-state index contributed by atoms with van der Waals surface area (Å²) in [4.78, 5) is 36.3. The zero-order chi connectivity index (χ0) is 22.0. The standard InChI is InChI=1S/C23H32N6O2/c1-4-29-22(31)28(12-6-8-19-7-5-11-24-15-19)21(30)23(29)9-13-27(14-10-23)17-20-16-25-26(3)18(20)2/h5,7,11,15-16H,4,6,8-10,12-14,17H2,1-3H3. The summed E-state index contributed by atoms with van der Waals surface area (Å²) in [7, 11) is 1.95. The van der Waals surface area contributed by atoms with Crippen molar-refractivity contribution in [1.82, 2.24) is 29.5 Å². The summed E-state index contributed by atoms with van der Waals surface area (Å²) in [6.45, 7) is 7.50. The smallest absolute Gasteiger partial charge is 0.310 e. The van der Waals surface area contributed by atoms with Crippen LogP contribution in [0, 0.1) is 6.92 Å². The second kappa shape index (κ2) is 8.78. The predicted octanol–water partition coefficient (Wildman–Crippen LogP) is 2.38. The molecule has 8 heteroatoms. The Kier molecular flexibility index (Phi) is 6.09. The first-order valence-electron chi connectivity index (χ1n) is 11.2. The molecule has 0 atom stereocenters. The minimum absolute atomic E-state index is 0.0113. The van der Waals surface area contributed by atoms with Crippen molar-refractivity contribution in [3.8, 4) is 0 Å². The van der Waals surface area contributed by atoms with E-state index in [4.69, 9.17) is 0 Å². The van der Waals surface area contributed by atoms with Crippen LogP contribution in [0.15, 0.2) is 30.7 Å². The Morgan fingerprint density at radius 1 is 1.16 bits per heavy atom. The molecule has 0 aliphatic carbocycles. The molecule has 0 N–H and O–H groups in total. The molecule has 1 spiro atoms. The van der Waals surface area contributed by atoms with E-state index >= 15 is 0 Å². The van der Waals surface area contributed by atoms with Crippen LogP contribution in [0.4, 0.5) is 4.79 Å². The van der Waals surface area contributed by atoms with Crippen LogP contribution in [0.2, 0.25) is 0 Å². The number of piperidine rings is 1. The molecule has 2 fully saturated rings. The van der Waals surface area contributed by atoms with Crippen molar-refractivity contribution >= 4 is 11.9 Å². The second-order valence-electron chi connectivity index (χ2n) is 8.64. The third-order valence-corrected chi connectivity index (χ3v) is 6.92. The molecule has 8 nitrogen and oxygen atoms in total. The number of nitrogens with zero attached hydrogens (tertiary/aromatic N) is 6. The molecule has 2 aromatic heterocycles. The second-order valence-corrected chi connectivity index (χ2v) is 8.64. The van der Waals surface area contributed by atoms with E-state index in [1.165, 1.54) is 16.2 Å². The molecule has 166 valence electrons. The topological polar surface area (TPSA) is 74.6 Å². The molecule has 0 unspecified atom stereocenters. The maximum atomic E-state index is 13.4. The van der Waals surface area contributed by atoms with E-state index in [1.807, 2.05) is 48.1 Å². The molecular formula is C23H32N6O2. The number of aryl methyl sites for hydroxylation is 2. The van der Waals surface area contributed by atoms with E-state index < -0.39 is 5.54 Å². The highest BCUT2D eigenvalue weighted by Gasteiger charge is 2.57. The van der Waals surface area contributed by atoms with Gasteiger partial charge in [0, 0.05) is 63.4 Å². The number of hydrogen-bond acceptors (Lipinski definition) is 5. The fraction of sp³-hybridized carbons (Fsp3) is 0.565. The van der Waals surface area contributed by atoms with Gasteiger partial charge in [0.25, 0.3) is 5.91 Å². The van der Waals surface area contributed by atoms with Gasteiger partial charge < -0.3 is 4.90 Å². The van der Waals surface area contributed by atoms with E-state index in [2.05, 4.69) is 21.9 Å². The van der Waals surface area contributed by atoms with Crippen LogP contribution in [0.1, 0.15) is 43.0 Å². The van der Waals surface area contributed by atoms with Crippen molar-refractivity contribution < 1.29 is 9.59 Å². The van der Waals surface area contributed by atoms with Gasteiger partial charge in [-0.1, -0.05) is 6.07 Å². The average molecular weight is 425 g/mol. The summed E-state index contributed by atoms with van der Waals surface area (Å²) in [6.07, 6.45) is 8.44. The number of pyridine rings is 1. The fourth-order valence-corrected chi connectivity index (χ4v) is 4.91. The summed E-state index contributed by atoms with van der Waals surface area (Å²) < 4.78 is 1.89. The van der Waals surface area contributed by atoms with E-state index in [0.717, 1.165) is 38.0 Å². The molecule has 0 aromatic carbocycles. The highest BCUT2D eigenvalue weighted by Crippen LogP contribution is 2.37. The largest absolute Gasteiger partial charge is 0.327 e. The Morgan fingerprint density at radius 2 is 1.94 bits per heavy atom. The molecule has 4 heterocycles. The first-order valence-corrected chi connectivity index (χ1v) is 11.2. The van der Waals surface area contributed by atoms with Crippen molar-refractivity contribution in [1.29, 1.82) is 0 Å². The van der Waals surface area contributed by atoms with Crippen molar-refractivity contribution in [2.24, 2.45) is 7.05 Å². The summed E-state index contributed by atoms with van der Waals surface area (Å²) in [6, 6.07) is 3.81. The number of likely N-dealkylation sites (tertiary alicyclic amines) is 1. The molecular weight excluding hydrogens is 392 g/mol. The van der Waals surface area contributed by atoms with Gasteiger partial charge >= 0.3 is 6.03 Å². The molecule has 3 amide bonds. The zero-order valence-electron chi connectivity index (χ0n) is 18.8. The number of urea groups is 1. The first-order chi connectivity index (χ1) is 15.0. The quantitative estimate of drug-likeness (QED) is 0.638. The molecule has 0 bridgehead atoms. The first kappa shape index (κ1) is 21.5. The molecule has 4 rings (SSSR count). The highest BCUT2D eigenvalue weighted by atomic mass is 16.2. The Balaban J connectivity index is 1.39. The lowest BCUT2D eigenvalue weighted by Crippen LogP contribution is -2.56. The van der Waals surface area contributed by atoms with Gasteiger partial charge in [-0.3, -0.25) is 24.3 Å². The number of carbonyl (C=O) groups is 2. The lowest BCUT2D eigenvalue weighted by Gasteiger charge is -2.41. The third-order valence-electron chi connectivity index (χ3n) is 6.92. The normalized spacial score (nSPS) is 19.1. The van der Waals surface area contributed by atoms with Gasteiger partial charge in [0.15, 0.2) is 0 Å². The van der Waals surface area contributed by atoms with E-state index in [-0.39, 0.29) is 11.9 Å². The van der Waals surface area contributed by atoms with Gasteiger partial charge in [-0.2, -0.15) is 5.10 Å². The van der Waals surface area contributed by atoms with Crippen molar-refractivity contribution in [2.45, 2.75) is 51.6 Å². The predicted molar refractivity (Wildman–Crippen MR) is 117 cm³/mol. The van der Waals surface area contributed by atoms with Crippen LogP contribution in [0.25, 0.3) is 0 Å². The van der Waals surface area contributed by atoms with Crippen LogP contribution < -0.4 is 0 Å². The van der Waals surface area contributed by atoms with E-state index in [9.17, 15) is 9.59 Å². The highest BCUT2D eigenvalue weighted by molar-refractivity contribution is 6.07. The van der Waals surface area contributed by atoms with Gasteiger partial charge in [0.05, 0.1) is 6.20 Å². The van der Waals surface area contributed by atoms with Crippen LogP contribution in [0.5, 0.6) is 0 Å². The Morgan fingerprint density at radius 3 is 2.55 bits per heavy atom. The Hall–Kier alpha value is -2.74. The number of amides is 3. The minimum atomic E-state index is -0.680. The van der Waals surface area contributed by atoms with Crippen LogP contribution in [-0.4, -0.2) is 73.1 Å². The number of imide groups is 1. The third kappa shape index (κ3) is 3.96. The number of carbonyl (C=O) groups excluding carboxylic acids is 2. The fourth-order valence-electron chi connectivity index (χ4n) is 4.91. The molecule has 0 saturated carbocycles. The van der Waals surface area contributed by atoms with Crippen molar-refractivity contribution in [2.75, 3.05) is 26.2 Å². The Bertz CT molecular complexity index is 933. The summed E-state index contributed by atoms with van der Waals surface area (Å²) in [5, 5.41) is 4.33. The van der Waals surface area contributed by atoms with Gasteiger partial charge in [-0.15, -0.1) is 0 Å². The van der Waals surface area contributed by atoms with Crippen LogP contribution in [-0.2, 0) is 24.8 Å². The van der Waals surface area contributed by atoms with E-state index in [0.29, 0.717) is 25.9 Å². The minimum Gasteiger partial charge on any atom is -0.310 e. The SMILES string of the molecule is CCN1C(=O)N(CCCc2cccnc2)C(=O)C12CCN(Cc1cnn(C)c1C)CC2. The van der Waals surface area contributed by atoms with Gasteiger partial charge in [0.1, 0.15) is 5.54 Å². The number of hydrogen-bond donors (Lipinski definition) is 0. The monoisotopic (exact) mass is 424 g/mol. The summed E-state index contributed by atoms with van der Waals surface area (Å²) in [5.74, 6) is -0.0113. The molecule has 0 radical (unpaired) electrons. The summed E-state index contributed by atoms with van der Waals surface area (Å²) in [5.41, 5.74) is 2.84. The average Bonchev–Trinajstić information content (AvgIpc) is 3.19. The van der Waals surface area contributed by atoms with Gasteiger partial charge in [-0.05, 0) is 51.2 Å². The number of aromatic nitrogens is 3. The lowest BCUT2D eigenvalue weighted by atomic mass is 9.85. The van der Waals surface area contributed by atoms with Crippen molar-refractivity contribution in [3.63, 3.8) is 0 Å². The lowest BCUT2D eigenvalue weighted by molar-refractivity contribution is -0.135. The van der Waals surface area contributed by atoms with Crippen LogP contribution in [0.3, 0.4) is 0 Å². The summed E-state index contributed by atoms with van der Waals surface area (Å²) >= 11 is 0. The molecule has 31 heavy (non-hydrogen) atoms. The van der Waals surface area contributed by atoms with Gasteiger partial charge in [0.2, 0.25) is 0 Å². The molecule has 2 aromatic rings. The van der Waals surface area contributed by atoms with Crippen LogP contribution >= 0.6 is 0 Å². The molecule has 2 saturated heterocycles. The Labute approximate surface area is 183 Å². The number of likely N-dealkylation sites (N-methyl/N-ethyl adjacent to an activating group) is 1. The maximum absolute atomic E-state index is 13.4. The number of rotatable bonds is 7. The van der Waals surface area contributed by atoms with E-state index in [1.54, 1.807) is 6.20 Å². The van der Waals surface area contributed by atoms with Gasteiger partial charge in [-0.25, -0.2) is 4.79 Å². The molecule has 2 aliphatic rings. The molecule has 2 aliphatic heterocycles. The zero-order valence-corrected chi connectivity index (χ0v) is 18.8. The maximum Gasteiger partial charge on any atom is 0.327 e.